The number of carbonyl (C=O) groups excluding carboxylic acids is 2. The zero-order chi connectivity index (χ0) is 18.5. The number of halogens is 1. The Morgan fingerprint density at radius 2 is 2.08 bits per heavy atom. The van der Waals surface area contributed by atoms with Crippen molar-refractivity contribution >= 4 is 57.3 Å². The van der Waals surface area contributed by atoms with Crippen LogP contribution in [0, 0.1) is 12.7 Å². The molecular weight excluding hydrogens is 399 g/mol. The fourth-order valence-electron chi connectivity index (χ4n) is 1.80. The Kier molecular flexibility index (Phi) is 5.85. The molecule has 0 fully saturated rings. The van der Waals surface area contributed by atoms with Gasteiger partial charge in [0.1, 0.15) is 10.7 Å². The Bertz CT molecular complexity index is 944. The van der Waals surface area contributed by atoms with Gasteiger partial charge in [-0.3, -0.25) is 14.9 Å². The van der Waals surface area contributed by atoms with E-state index < -0.39 is 5.82 Å². The van der Waals surface area contributed by atoms with E-state index in [0.717, 1.165) is 22.9 Å². The van der Waals surface area contributed by atoms with Gasteiger partial charge in [-0.05, 0) is 36.7 Å². The maximum atomic E-state index is 13.1. The first-order chi connectivity index (χ1) is 12.5. The molecule has 2 N–H and O–H groups in total. The third-order valence-corrected chi connectivity index (χ3v) is 5.72. The van der Waals surface area contributed by atoms with Crippen LogP contribution >= 0.6 is 34.6 Å². The summed E-state index contributed by atoms with van der Waals surface area (Å²) in [6.07, 6.45) is 0. The number of thioether (sulfide) groups is 1. The highest BCUT2D eigenvalue weighted by Gasteiger charge is 2.16. The average Bonchev–Trinajstić information content (AvgIpc) is 3.22. The fourth-order valence-corrected chi connectivity index (χ4v) is 3.90. The molecule has 0 saturated heterocycles. The molecule has 8 nitrogen and oxygen atoms in total. The molecule has 1 aromatic carbocycles. The molecule has 0 unspecified atom stereocenters. The number of rotatable bonds is 6. The lowest BCUT2D eigenvalue weighted by molar-refractivity contribution is -0.113. The number of hydrogen-bond donors (Lipinski definition) is 2. The molecule has 0 bridgehead atoms. The predicted molar refractivity (Wildman–Crippen MR) is 98.3 cm³/mol. The third-order valence-electron chi connectivity index (χ3n) is 2.92. The monoisotopic (exact) mass is 410 g/mol. The van der Waals surface area contributed by atoms with Crippen LogP contribution in [0.25, 0.3) is 0 Å². The second-order valence-corrected chi connectivity index (χ2v) is 7.82. The minimum atomic E-state index is -0.425. The molecule has 0 atom stereocenters. The summed E-state index contributed by atoms with van der Waals surface area (Å²) in [6, 6.07) is 5.64. The molecular formula is C14H11FN6O2S3. The zero-order valence-corrected chi connectivity index (χ0v) is 15.7. The van der Waals surface area contributed by atoms with Crippen LogP contribution < -0.4 is 10.6 Å². The predicted octanol–water partition coefficient (Wildman–Crippen LogP) is 2.82. The van der Waals surface area contributed by atoms with Crippen LogP contribution in [0.5, 0.6) is 0 Å². The third kappa shape index (κ3) is 4.80. The van der Waals surface area contributed by atoms with Crippen molar-refractivity contribution in [3.05, 3.63) is 40.7 Å². The Morgan fingerprint density at radius 1 is 1.23 bits per heavy atom. The maximum absolute atomic E-state index is 13.1. The Balaban J connectivity index is 1.51. The summed E-state index contributed by atoms with van der Waals surface area (Å²) in [5.41, 5.74) is 0.926. The normalized spacial score (nSPS) is 10.5. The van der Waals surface area contributed by atoms with Crippen molar-refractivity contribution < 1.29 is 14.0 Å². The molecule has 0 saturated carbocycles. The number of benzene rings is 1. The summed E-state index contributed by atoms with van der Waals surface area (Å²) >= 11 is 3.31. The van der Waals surface area contributed by atoms with E-state index in [-0.39, 0.29) is 17.6 Å². The van der Waals surface area contributed by atoms with E-state index in [9.17, 15) is 14.0 Å². The van der Waals surface area contributed by atoms with E-state index in [0.29, 0.717) is 25.7 Å². The molecule has 2 amide bonds. The van der Waals surface area contributed by atoms with Gasteiger partial charge in [-0.15, -0.1) is 15.3 Å². The molecule has 3 aromatic rings. The van der Waals surface area contributed by atoms with Gasteiger partial charge in [-0.2, -0.15) is 0 Å². The van der Waals surface area contributed by atoms with E-state index in [1.165, 1.54) is 30.0 Å². The molecule has 3 rings (SSSR count). The van der Waals surface area contributed by atoms with Gasteiger partial charge in [0.05, 0.1) is 11.4 Å². The fraction of sp³-hybridized carbons (Fsp3) is 0.143. The number of nitrogens with zero attached hydrogens (tertiary/aromatic N) is 4. The number of aryl methyl sites for hydroxylation is 1. The van der Waals surface area contributed by atoms with Crippen LogP contribution in [0.3, 0.4) is 0 Å². The van der Waals surface area contributed by atoms with E-state index in [2.05, 4.69) is 30.4 Å². The molecule has 26 heavy (non-hydrogen) atoms. The van der Waals surface area contributed by atoms with Crippen molar-refractivity contribution in [1.29, 1.82) is 0 Å². The summed E-state index contributed by atoms with van der Waals surface area (Å²) < 4.78 is 17.3. The number of nitrogens with one attached hydrogen (secondary N) is 2. The van der Waals surface area contributed by atoms with Gasteiger partial charge in [0, 0.05) is 5.69 Å². The first-order valence-electron chi connectivity index (χ1n) is 7.13. The van der Waals surface area contributed by atoms with Crippen LogP contribution in [-0.4, -0.2) is 37.4 Å². The SMILES string of the molecule is Cc1nnsc1C(=O)Nc1nnc(SCC(=O)Nc2cccc(F)c2)s1. The number of aromatic nitrogens is 4. The molecule has 0 aliphatic carbocycles. The smallest absolute Gasteiger partial charge is 0.271 e. The molecule has 2 heterocycles. The van der Waals surface area contributed by atoms with Gasteiger partial charge < -0.3 is 5.32 Å². The van der Waals surface area contributed by atoms with Gasteiger partial charge >= 0.3 is 0 Å². The Labute approximate surface area is 159 Å². The van der Waals surface area contributed by atoms with E-state index in [1.807, 2.05) is 0 Å². The van der Waals surface area contributed by atoms with Crippen molar-refractivity contribution in [1.82, 2.24) is 19.8 Å². The summed E-state index contributed by atoms with van der Waals surface area (Å²) in [4.78, 5) is 24.4. The molecule has 134 valence electrons. The van der Waals surface area contributed by atoms with Crippen molar-refractivity contribution in [2.45, 2.75) is 11.3 Å². The summed E-state index contributed by atoms with van der Waals surface area (Å²) in [5, 5.41) is 17.1. The summed E-state index contributed by atoms with van der Waals surface area (Å²) in [6.45, 7) is 1.69. The minimum absolute atomic E-state index is 0.0803. The molecule has 0 aliphatic rings. The quantitative estimate of drug-likeness (QED) is 0.475. The largest absolute Gasteiger partial charge is 0.325 e. The van der Waals surface area contributed by atoms with Crippen molar-refractivity contribution in [3.63, 3.8) is 0 Å². The molecule has 0 aliphatic heterocycles. The van der Waals surface area contributed by atoms with Crippen LogP contribution in [0.2, 0.25) is 0 Å². The summed E-state index contributed by atoms with van der Waals surface area (Å²) in [5.74, 6) is -0.995. The first-order valence-corrected chi connectivity index (χ1v) is 9.71. The van der Waals surface area contributed by atoms with Gasteiger partial charge in [0.2, 0.25) is 11.0 Å². The van der Waals surface area contributed by atoms with Crippen molar-refractivity contribution in [2.24, 2.45) is 0 Å². The van der Waals surface area contributed by atoms with Crippen molar-refractivity contribution in [2.75, 3.05) is 16.4 Å². The van der Waals surface area contributed by atoms with Gasteiger partial charge in [0.15, 0.2) is 4.34 Å². The molecule has 12 heteroatoms. The highest BCUT2D eigenvalue weighted by molar-refractivity contribution is 8.01. The zero-order valence-electron chi connectivity index (χ0n) is 13.2. The van der Waals surface area contributed by atoms with Gasteiger partial charge in [-0.25, -0.2) is 4.39 Å². The average molecular weight is 410 g/mol. The maximum Gasteiger partial charge on any atom is 0.271 e. The lowest BCUT2D eigenvalue weighted by Crippen LogP contribution is -2.13. The highest BCUT2D eigenvalue weighted by atomic mass is 32.2. The molecule has 2 aromatic heterocycles. The van der Waals surface area contributed by atoms with Gasteiger partial charge in [-0.1, -0.05) is 33.7 Å². The van der Waals surface area contributed by atoms with Crippen LogP contribution in [0.4, 0.5) is 15.2 Å². The number of carbonyl (C=O) groups is 2. The lowest BCUT2D eigenvalue weighted by Gasteiger charge is -2.03. The second-order valence-electron chi connectivity index (χ2n) is 4.86. The van der Waals surface area contributed by atoms with Gasteiger partial charge in [0.25, 0.3) is 5.91 Å². The van der Waals surface area contributed by atoms with E-state index >= 15 is 0 Å². The standard InChI is InChI=1S/C14H11FN6O2S3/c1-7-11(26-21-18-7)12(23)17-13-19-20-14(25-13)24-6-10(22)16-9-4-2-3-8(15)5-9/h2-5H,6H2,1H3,(H,16,22)(H,17,19,23). The van der Waals surface area contributed by atoms with Crippen LogP contribution in [0.1, 0.15) is 15.4 Å². The van der Waals surface area contributed by atoms with Crippen molar-refractivity contribution in [3.8, 4) is 0 Å². The number of anilines is 2. The molecule has 0 radical (unpaired) electrons. The topological polar surface area (TPSA) is 110 Å². The lowest BCUT2D eigenvalue weighted by atomic mass is 10.3. The van der Waals surface area contributed by atoms with E-state index in [1.54, 1.807) is 13.0 Å². The first kappa shape index (κ1) is 18.4. The van der Waals surface area contributed by atoms with Crippen LogP contribution in [-0.2, 0) is 4.79 Å². The minimum Gasteiger partial charge on any atom is -0.325 e. The van der Waals surface area contributed by atoms with Crippen LogP contribution in [0.15, 0.2) is 28.6 Å². The number of amides is 2. The second kappa shape index (κ2) is 8.29. The molecule has 0 spiro atoms. The Morgan fingerprint density at radius 3 is 2.81 bits per heavy atom. The number of hydrogen-bond acceptors (Lipinski definition) is 9. The highest BCUT2D eigenvalue weighted by Crippen LogP contribution is 2.26. The van der Waals surface area contributed by atoms with E-state index in [4.69, 9.17) is 0 Å². The summed E-state index contributed by atoms with van der Waals surface area (Å²) in [7, 11) is 0. The Hall–Kier alpha value is -2.44.